The zero-order chi connectivity index (χ0) is 13.5. The number of pyridine rings is 1. The molecule has 0 bridgehead atoms. The fourth-order valence-corrected chi connectivity index (χ4v) is 2.06. The Balaban J connectivity index is 2.82. The maximum absolute atomic E-state index is 4.42. The van der Waals surface area contributed by atoms with E-state index in [9.17, 15) is 0 Å². The molecule has 1 N–H and O–H groups in total. The van der Waals surface area contributed by atoms with Crippen molar-refractivity contribution in [2.24, 2.45) is 5.92 Å². The second-order valence-corrected chi connectivity index (χ2v) is 5.15. The van der Waals surface area contributed by atoms with Crippen molar-refractivity contribution in [3.8, 4) is 0 Å². The summed E-state index contributed by atoms with van der Waals surface area (Å²) in [4.78, 5) is 6.81. The number of hydrogen-bond donors (Lipinski definition) is 1. The normalized spacial score (nSPS) is 11.0. The van der Waals surface area contributed by atoms with Crippen molar-refractivity contribution in [3.63, 3.8) is 0 Å². The van der Waals surface area contributed by atoms with Gasteiger partial charge in [-0.3, -0.25) is 4.98 Å². The van der Waals surface area contributed by atoms with E-state index < -0.39 is 0 Å². The van der Waals surface area contributed by atoms with E-state index in [1.54, 1.807) is 0 Å². The fourth-order valence-electron chi connectivity index (χ4n) is 2.06. The van der Waals surface area contributed by atoms with Crippen LogP contribution < -0.4 is 10.2 Å². The number of hydrogen-bond acceptors (Lipinski definition) is 3. The number of anilines is 1. The van der Waals surface area contributed by atoms with Gasteiger partial charge in [0.05, 0.1) is 0 Å². The summed E-state index contributed by atoms with van der Waals surface area (Å²) in [5.41, 5.74) is 3.71. The molecule has 102 valence electrons. The van der Waals surface area contributed by atoms with Gasteiger partial charge in [0.2, 0.25) is 0 Å². The Labute approximate surface area is 112 Å². The lowest BCUT2D eigenvalue weighted by atomic mass is 10.1. The van der Waals surface area contributed by atoms with Crippen LogP contribution in [0.5, 0.6) is 0 Å². The number of rotatable bonds is 7. The number of aromatic nitrogens is 1. The van der Waals surface area contributed by atoms with E-state index in [0.717, 1.165) is 31.9 Å². The molecule has 0 aliphatic heterocycles. The molecular formula is C15H27N3. The summed E-state index contributed by atoms with van der Waals surface area (Å²) in [6, 6.07) is 2.19. The Kier molecular flexibility index (Phi) is 6.13. The van der Waals surface area contributed by atoms with Crippen LogP contribution in [0.4, 0.5) is 5.69 Å². The Morgan fingerprint density at radius 3 is 2.50 bits per heavy atom. The van der Waals surface area contributed by atoms with Crippen LogP contribution in [0.2, 0.25) is 0 Å². The molecule has 0 saturated carbocycles. The molecule has 1 aromatic rings. The van der Waals surface area contributed by atoms with E-state index in [2.05, 4.69) is 55.9 Å². The summed E-state index contributed by atoms with van der Waals surface area (Å²) in [6.45, 7) is 14.9. The second kappa shape index (κ2) is 7.37. The summed E-state index contributed by atoms with van der Waals surface area (Å²) in [5.74, 6) is 0.681. The first-order valence-corrected chi connectivity index (χ1v) is 6.99. The molecule has 0 aliphatic rings. The number of aryl methyl sites for hydroxylation is 1. The molecule has 0 saturated heterocycles. The lowest BCUT2D eigenvalue weighted by Gasteiger charge is -2.24. The van der Waals surface area contributed by atoms with Crippen molar-refractivity contribution in [3.05, 3.63) is 23.5 Å². The predicted molar refractivity (Wildman–Crippen MR) is 79.1 cm³/mol. The molecule has 1 aromatic heterocycles. The van der Waals surface area contributed by atoms with Crippen LogP contribution in [-0.4, -0.2) is 24.6 Å². The molecule has 0 radical (unpaired) electrons. The van der Waals surface area contributed by atoms with E-state index in [1.165, 1.54) is 11.3 Å². The molecule has 0 amide bonds. The Hall–Kier alpha value is -1.09. The number of nitrogens with zero attached hydrogens (tertiary/aromatic N) is 2. The molecule has 0 spiro atoms. The van der Waals surface area contributed by atoms with Crippen molar-refractivity contribution in [2.75, 3.05) is 24.5 Å². The molecule has 18 heavy (non-hydrogen) atoms. The first kappa shape index (κ1) is 15.0. The summed E-state index contributed by atoms with van der Waals surface area (Å²) < 4.78 is 0. The standard InChI is InChI=1S/C15H27N3/c1-6-18(7-2)15-8-13(5)17-11-14(15)10-16-9-12(3)4/h8,11-12,16H,6-7,9-10H2,1-5H3. The highest BCUT2D eigenvalue weighted by atomic mass is 15.1. The minimum absolute atomic E-state index is 0.681. The molecule has 0 aromatic carbocycles. The summed E-state index contributed by atoms with van der Waals surface area (Å²) in [5, 5.41) is 3.50. The van der Waals surface area contributed by atoms with Crippen molar-refractivity contribution in [1.29, 1.82) is 0 Å². The first-order chi connectivity index (χ1) is 8.58. The van der Waals surface area contributed by atoms with Gasteiger partial charge >= 0.3 is 0 Å². The third-order valence-electron chi connectivity index (χ3n) is 3.07. The van der Waals surface area contributed by atoms with Crippen LogP contribution in [-0.2, 0) is 6.54 Å². The highest BCUT2D eigenvalue weighted by Crippen LogP contribution is 2.20. The molecule has 0 atom stereocenters. The minimum Gasteiger partial charge on any atom is -0.372 e. The van der Waals surface area contributed by atoms with Gasteiger partial charge in [0.1, 0.15) is 0 Å². The lowest BCUT2D eigenvalue weighted by molar-refractivity contribution is 0.551. The topological polar surface area (TPSA) is 28.2 Å². The van der Waals surface area contributed by atoms with Crippen LogP contribution >= 0.6 is 0 Å². The van der Waals surface area contributed by atoms with Gasteiger partial charge in [0.15, 0.2) is 0 Å². The molecular weight excluding hydrogens is 222 g/mol. The average Bonchev–Trinajstić information content (AvgIpc) is 2.33. The fraction of sp³-hybridized carbons (Fsp3) is 0.667. The maximum Gasteiger partial charge on any atom is 0.0445 e. The summed E-state index contributed by atoms with van der Waals surface area (Å²) >= 11 is 0. The van der Waals surface area contributed by atoms with Gasteiger partial charge < -0.3 is 10.2 Å². The maximum atomic E-state index is 4.42. The van der Waals surface area contributed by atoms with Gasteiger partial charge in [-0.05, 0) is 39.3 Å². The van der Waals surface area contributed by atoms with Gasteiger partial charge in [0, 0.05) is 42.8 Å². The van der Waals surface area contributed by atoms with E-state index in [0.29, 0.717) is 5.92 Å². The van der Waals surface area contributed by atoms with Gasteiger partial charge in [0.25, 0.3) is 0 Å². The minimum atomic E-state index is 0.681. The molecule has 3 heteroatoms. The zero-order valence-corrected chi connectivity index (χ0v) is 12.5. The van der Waals surface area contributed by atoms with Crippen molar-refractivity contribution < 1.29 is 0 Å². The van der Waals surface area contributed by atoms with Crippen molar-refractivity contribution >= 4 is 5.69 Å². The molecule has 0 aliphatic carbocycles. The second-order valence-electron chi connectivity index (χ2n) is 5.15. The van der Waals surface area contributed by atoms with Gasteiger partial charge in [-0.15, -0.1) is 0 Å². The monoisotopic (exact) mass is 249 g/mol. The summed E-state index contributed by atoms with van der Waals surface area (Å²) in [6.07, 6.45) is 2.01. The Morgan fingerprint density at radius 1 is 1.28 bits per heavy atom. The smallest absolute Gasteiger partial charge is 0.0445 e. The quantitative estimate of drug-likeness (QED) is 0.805. The number of nitrogens with one attached hydrogen (secondary N) is 1. The van der Waals surface area contributed by atoms with E-state index in [-0.39, 0.29) is 0 Å². The molecule has 0 fully saturated rings. The largest absolute Gasteiger partial charge is 0.372 e. The summed E-state index contributed by atoms with van der Waals surface area (Å²) in [7, 11) is 0. The highest BCUT2D eigenvalue weighted by Gasteiger charge is 2.09. The van der Waals surface area contributed by atoms with E-state index in [1.807, 2.05) is 6.20 Å². The Morgan fingerprint density at radius 2 is 1.94 bits per heavy atom. The van der Waals surface area contributed by atoms with Crippen LogP contribution in [0.1, 0.15) is 39.0 Å². The highest BCUT2D eigenvalue weighted by molar-refractivity contribution is 5.53. The van der Waals surface area contributed by atoms with E-state index >= 15 is 0 Å². The van der Waals surface area contributed by atoms with Crippen molar-refractivity contribution in [2.45, 2.75) is 41.2 Å². The predicted octanol–water partition coefficient (Wildman–Crippen LogP) is 2.98. The van der Waals surface area contributed by atoms with Crippen LogP contribution in [0.25, 0.3) is 0 Å². The van der Waals surface area contributed by atoms with Crippen molar-refractivity contribution in [1.82, 2.24) is 10.3 Å². The lowest BCUT2D eigenvalue weighted by Crippen LogP contribution is -2.26. The first-order valence-electron chi connectivity index (χ1n) is 6.99. The van der Waals surface area contributed by atoms with Crippen LogP contribution in [0.3, 0.4) is 0 Å². The third-order valence-corrected chi connectivity index (χ3v) is 3.07. The van der Waals surface area contributed by atoms with Gasteiger partial charge in [-0.25, -0.2) is 0 Å². The zero-order valence-electron chi connectivity index (χ0n) is 12.5. The molecule has 3 nitrogen and oxygen atoms in total. The van der Waals surface area contributed by atoms with Gasteiger partial charge in [-0.1, -0.05) is 13.8 Å². The van der Waals surface area contributed by atoms with Crippen LogP contribution in [0.15, 0.2) is 12.3 Å². The third kappa shape index (κ3) is 4.30. The van der Waals surface area contributed by atoms with E-state index in [4.69, 9.17) is 0 Å². The molecule has 1 heterocycles. The Bertz CT molecular complexity index is 357. The molecule has 0 unspecified atom stereocenters. The van der Waals surface area contributed by atoms with Crippen LogP contribution in [0, 0.1) is 12.8 Å². The molecule has 1 rings (SSSR count). The average molecular weight is 249 g/mol. The van der Waals surface area contributed by atoms with Gasteiger partial charge in [-0.2, -0.15) is 0 Å². The SMILES string of the molecule is CCN(CC)c1cc(C)ncc1CNCC(C)C.